The number of amides is 1. The lowest BCUT2D eigenvalue weighted by atomic mass is 10.1. The molecular weight excluding hydrogens is 454 g/mol. The number of nitrogens with zero attached hydrogens (tertiary/aromatic N) is 3. The third-order valence-electron chi connectivity index (χ3n) is 5.59. The van der Waals surface area contributed by atoms with Crippen LogP contribution in [-0.4, -0.2) is 56.1 Å². The van der Waals surface area contributed by atoms with Crippen LogP contribution in [-0.2, 0) is 33.4 Å². The number of imidazole rings is 1. The molecule has 34 heavy (non-hydrogen) atoms. The molecule has 3 aromatic rings. The number of sulfone groups is 1. The Morgan fingerprint density at radius 1 is 1.12 bits per heavy atom. The Kier molecular flexibility index (Phi) is 8.46. The van der Waals surface area contributed by atoms with Gasteiger partial charge in [-0.15, -0.1) is 0 Å². The third-order valence-corrected chi connectivity index (χ3v) is 7.18. The first-order valence-electron chi connectivity index (χ1n) is 11.0. The van der Waals surface area contributed by atoms with Crippen LogP contribution in [0.4, 0.5) is 0 Å². The fraction of sp³-hybridized carbons (Fsp3) is 0.360. The van der Waals surface area contributed by atoms with Gasteiger partial charge in [-0.2, -0.15) is 0 Å². The Labute approximate surface area is 201 Å². The van der Waals surface area contributed by atoms with Gasteiger partial charge in [0.2, 0.25) is 15.0 Å². The largest absolute Gasteiger partial charge is 0.497 e. The van der Waals surface area contributed by atoms with E-state index in [0.29, 0.717) is 42.3 Å². The lowest BCUT2D eigenvalue weighted by Crippen LogP contribution is -2.32. The molecule has 1 heterocycles. The van der Waals surface area contributed by atoms with Crippen molar-refractivity contribution in [2.45, 2.75) is 37.8 Å². The van der Waals surface area contributed by atoms with Crippen LogP contribution in [0, 0.1) is 6.92 Å². The van der Waals surface area contributed by atoms with E-state index < -0.39 is 9.84 Å². The molecule has 0 aliphatic carbocycles. The average Bonchev–Trinajstić information content (AvgIpc) is 3.24. The van der Waals surface area contributed by atoms with Gasteiger partial charge >= 0.3 is 0 Å². The number of aromatic nitrogens is 2. The maximum Gasteiger partial charge on any atom is 0.254 e. The van der Waals surface area contributed by atoms with Gasteiger partial charge in [0.25, 0.3) is 5.91 Å². The Morgan fingerprint density at radius 2 is 1.88 bits per heavy atom. The predicted molar refractivity (Wildman–Crippen MR) is 130 cm³/mol. The zero-order valence-electron chi connectivity index (χ0n) is 20.0. The Hall–Kier alpha value is -3.17. The Morgan fingerprint density at radius 3 is 2.56 bits per heavy atom. The van der Waals surface area contributed by atoms with Crippen molar-refractivity contribution in [2.24, 2.45) is 0 Å². The second-order valence-electron chi connectivity index (χ2n) is 7.92. The van der Waals surface area contributed by atoms with E-state index in [-0.39, 0.29) is 23.4 Å². The van der Waals surface area contributed by atoms with Gasteiger partial charge < -0.3 is 18.9 Å². The van der Waals surface area contributed by atoms with Crippen LogP contribution < -0.4 is 4.74 Å². The van der Waals surface area contributed by atoms with Gasteiger partial charge in [0.05, 0.1) is 37.9 Å². The molecule has 3 rings (SSSR count). The highest BCUT2D eigenvalue weighted by Crippen LogP contribution is 2.22. The molecule has 0 radical (unpaired) electrons. The minimum Gasteiger partial charge on any atom is -0.497 e. The van der Waals surface area contributed by atoms with Gasteiger partial charge in [-0.05, 0) is 43.2 Å². The van der Waals surface area contributed by atoms with E-state index in [0.717, 1.165) is 5.56 Å². The van der Waals surface area contributed by atoms with Crippen molar-refractivity contribution in [3.05, 3.63) is 77.1 Å². The molecule has 0 spiro atoms. The molecule has 0 aliphatic heterocycles. The van der Waals surface area contributed by atoms with Gasteiger partial charge in [-0.25, -0.2) is 13.4 Å². The fourth-order valence-corrected chi connectivity index (χ4v) is 5.25. The molecule has 0 unspecified atom stereocenters. The Bertz CT molecular complexity index is 1240. The summed E-state index contributed by atoms with van der Waals surface area (Å²) in [5.41, 5.74) is 2.75. The quantitative estimate of drug-likeness (QED) is 0.413. The monoisotopic (exact) mass is 485 g/mol. The minimum atomic E-state index is -3.76. The number of methoxy groups -OCH3 is 2. The first-order valence-corrected chi connectivity index (χ1v) is 12.7. The van der Waals surface area contributed by atoms with Crippen molar-refractivity contribution in [1.29, 1.82) is 0 Å². The summed E-state index contributed by atoms with van der Waals surface area (Å²) in [5.74, 6) is 0.262. The second-order valence-corrected chi connectivity index (χ2v) is 9.80. The first-order chi connectivity index (χ1) is 16.3. The standard InChI is InChI=1S/C25H31N3O5S/c1-5-27(24(29)23-12-7-6-9-19(23)2)17-21-16-26-25(28(21)13-14-32-3)34(30,31)18-20-10-8-11-22(15-20)33-4/h6-12,15-16H,5,13-14,17-18H2,1-4H3. The van der Waals surface area contributed by atoms with Crippen molar-refractivity contribution in [3.63, 3.8) is 0 Å². The van der Waals surface area contributed by atoms with Crippen molar-refractivity contribution >= 4 is 15.7 Å². The second kappa shape index (κ2) is 11.3. The number of ether oxygens (including phenoxy) is 2. The average molecular weight is 486 g/mol. The summed E-state index contributed by atoms with van der Waals surface area (Å²) in [4.78, 5) is 19.1. The van der Waals surface area contributed by atoms with Gasteiger partial charge in [-0.1, -0.05) is 30.3 Å². The van der Waals surface area contributed by atoms with Crippen LogP contribution in [0.2, 0.25) is 0 Å². The summed E-state index contributed by atoms with van der Waals surface area (Å²) in [6, 6.07) is 14.4. The molecule has 0 aliphatic rings. The molecule has 9 heteroatoms. The normalized spacial score (nSPS) is 11.4. The smallest absolute Gasteiger partial charge is 0.254 e. The van der Waals surface area contributed by atoms with Crippen molar-refractivity contribution in [1.82, 2.24) is 14.5 Å². The summed E-state index contributed by atoms with van der Waals surface area (Å²) in [7, 11) is -0.670. The van der Waals surface area contributed by atoms with Crippen molar-refractivity contribution in [3.8, 4) is 5.75 Å². The summed E-state index contributed by atoms with van der Waals surface area (Å²) in [6.07, 6.45) is 1.53. The maximum atomic E-state index is 13.3. The van der Waals surface area contributed by atoms with Crippen LogP contribution in [0.5, 0.6) is 5.75 Å². The molecular formula is C25H31N3O5S. The van der Waals surface area contributed by atoms with Gasteiger partial charge in [0.1, 0.15) is 5.75 Å². The summed E-state index contributed by atoms with van der Waals surface area (Å²) >= 11 is 0. The molecule has 0 atom stereocenters. The molecule has 0 fully saturated rings. The summed E-state index contributed by atoms with van der Waals surface area (Å²) < 4.78 is 38.7. The Balaban J connectivity index is 1.92. The van der Waals surface area contributed by atoms with Crippen LogP contribution in [0.25, 0.3) is 0 Å². The first kappa shape index (κ1) is 25.5. The topological polar surface area (TPSA) is 90.7 Å². The van der Waals surface area contributed by atoms with Crippen molar-refractivity contribution < 1.29 is 22.7 Å². The van der Waals surface area contributed by atoms with Gasteiger partial charge in [-0.3, -0.25) is 4.79 Å². The lowest BCUT2D eigenvalue weighted by molar-refractivity contribution is 0.0747. The van der Waals surface area contributed by atoms with E-state index in [1.54, 1.807) is 46.9 Å². The summed E-state index contributed by atoms with van der Waals surface area (Å²) in [6.45, 7) is 5.10. The van der Waals surface area contributed by atoms with Crippen LogP contribution in [0.15, 0.2) is 59.9 Å². The molecule has 8 nitrogen and oxygen atoms in total. The highest BCUT2D eigenvalue weighted by Gasteiger charge is 2.26. The van der Waals surface area contributed by atoms with E-state index in [9.17, 15) is 13.2 Å². The van der Waals surface area contributed by atoms with E-state index >= 15 is 0 Å². The molecule has 0 N–H and O–H groups in total. The van der Waals surface area contributed by atoms with Gasteiger partial charge in [0, 0.05) is 25.8 Å². The predicted octanol–water partition coefficient (Wildman–Crippen LogP) is 3.48. The number of carbonyl (C=O) groups excluding carboxylic acids is 1. The molecule has 182 valence electrons. The van der Waals surface area contributed by atoms with E-state index in [2.05, 4.69) is 4.98 Å². The SMILES string of the molecule is CCN(Cc1cnc(S(=O)(=O)Cc2cccc(OC)c2)n1CCOC)C(=O)c1ccccc1C. The molecule has 2 aromatic carbocycles. The molecule has 1 amide bonds. The molecule has 1 aromatic heterocycles. The van der Waals surface area contributed by atoms with E-state index in [1.165, 1.54) is 13.3 Å². The number of benzene rings is 2. The minimum absolute atomic E-state index is 0.0400. The van der Waals surface area contributed by atoms with Crippen LogP contribution in [0.1, 0.15) is 34.1 Å². The zero-order chi connectivity index (χ0) is 24.7. The lowest BCUT2D eigenvalue weighted by Gasteiger charge is -2.23. The number of aryl methyl sites for hydroxylation is 1. The van der Waals surface area contributed by atoms with Gasteiger partial charge in [0.15, 0.2) is 0 Å². The number of carbonyl (C=O) groups is 1. The highest BCUT2D eigenvalue weighted by atomic mass is 32.2. The van der Waals surface area contributed by atoms with Crippen molar-refractivity contribution in [2.75, 3.05) is 27.4 Å². The number of hydrogen-bond donors (Lipinski definition) is 0. The third kappa shape index (κ3) is 5.84. The van der Waals surface area contributed by atoms with Crippen LogP contribution in [0.3, 0.4) is 0 Å². The molecule has 0 bridgehead atoms. The maximum absolute atomic E-state index is 13.3. The molecule has 0 saturated carbocycles. The fourth-order valence-electron chi connectivity index (χ4n) is 3.74. The zero-order valence-corrected chi connectivity index (χ0v) is 20.8. The highest BCUT2D eigenvalue weighted by molar-refractivity contribution is 7.90. The number of hydrogen-bond acceptors (Lipinski definition) is 6. The summed E-state index contributed by atoms with van der Waals surface area (Å²) in [5, 5.41) is -0.0400. The van der Waals surface area contributed by atoms with E-state index in [1.807, 2.05) is 32.0 Å². The number of rotatable bonds is 11. The van der Waals surface area contributed by atoms with Crippen LogP contribution >= 0.6 is 0 Å². The molecule has 0 saturated heterocycles. The van der Waals surface area contributed by atoms with E-state index in [4.69, 9.17) is 9.47 Å².